The highest BCUT2D eigenvalue weighted by molar-refractivity contribution is 8.16. The summed E-state index contributed by atoms with van der Waals surface area (Å²) >= 11 is 9.61. The van der Waals surface area contributed by atoms with Crippen molar-refractivity contribution in [3.63, 3.8) is 0 Å². The Bertz CT molecular complexity index is 1670. The number of aliphatic imine (C=N–C) groups is 1. The first-order chi connectivity index (χ1) is 17.2. The van der Waals surface area contributed by atoms with Crippen molar-refractivity contribution in [3.8, 4) is 0 Å². The Morgan fingerprint density at radius 2 is 1.77 bits per heavy atom. The molecular formula is C28H17ClN2O2S2. The molecule has 1 atom stereocenters. The molecule has 0 spiro atoms. The smallest absolute Gasteiger partial charge is 0.345 e. The maximum Gasteiger partial charge on any atom is 0.345 e. The van der Waals surface area contributed by atoms with E-state index in [1.165, 1.54) is 10.5 Å². The number of halogens is 1. The third-order valence-electron chi connectivity index (χ3n) is 6.47. The van der Waals surface area contributed by atoms with Crippen LogP contribution in [-0.2, 0) is 0 Å². The molecule has 0 amide bonds. The molecule has 0 radical (unpaired) electrons. The largest absolute Gasteiger partial charge is 0.422 e. The zero-order chi connectivity index (χ0) is 23.5. The quantitative estimate of drug-likeness (QED) is 0.261. The Hall–Kier alpha value is -3.19. The number of hydrogen-bond donors (Lipinski definition) is 0. The molecule has 1 unspecified atom stereocenters. The number of hydrogen-bond acceptors (Lipinski definition) is 6. The Kier molecular flexibility index (Phi) is 4.94. The van der Waals surface area contributed by atoms with Crippen LogP contribution < -0.4 is 5.63 Å². The van der Waals surface area contributed by atoms with E-state index in [4.69, 9.17) is 21.0 Å². The Balaban J connectivity index is 1.43. The molecule has 1 aromatic heterocycles. The fourth-order valence-electron chi connectivity index (χ4n) is 4.86. The van der Waals surface area contributed by atoms with E-state index in [9.17, 15) is 4.79 Å². The summed E-state index contributed by atoms with van der Waals surface area (Å²) in [6.07, 6.45) is 0. The van der Waals surface area contributed by atoms with Crippen molar-refractivity contribution in [2.24, 2.45) is 4.99 Å². The summed E-state index contributed by atoms with van der Waals surface area (Å²) in [6.45, 7) is 0. The van der Waals surface area contributed by atoms with Crippen LogP contribution >= 0.6 is 35.1 Å². The highest BCUT2D eigenvalue weighted by Gasteiger charge is 2.41. The maximum atomic E-state index is 13.1. The van der Waals surface area contributed by atoms with E-state index < -0.39 is 0 Å². The highest BCUT2D eigenvalue weighted by Crippen LogP contribution is 2.52. The SMILES string of the molecule is O=c1oc2ccccc2cc1C1=CSC2=NC3=C(CSc4ccccc43)C(c3ccc(Cl)cc3)N12. The predicted molar refractivity (Wildman–Crippen MR) is 146 cm³/mol. The van der Waals surface area contributed by atoms with Gasteiger partial charge in [0, 0.05) is 32.0 Å². The molecule has 3 aromatic carbocycles. The normalized spacial score (nSPS) is 18.7. The molecule has 170 valence electrons. The van der Waals surface area contributed by atoms with Gasteiger partial charge in [0.15, 0.2) is 5.17 Å². The molecule has 3 aliphatic rings. The summed E-state index contributed by atoms with van der Waals surface area (Å²) < 4.78 is 5.69. The predicted octanol–water partition coefficient (Wildman–Crippen LogP) is 7.42. The lowest BCUT2D eigenvalue weighted by Gasteiger charge is -2.39. The number of para-hydroxylation sites is 1. The van der Waals surface area contributed by atoms with Gasteiger partial charge in [-0.3, -0.25) is 0 Å². The van der Waals surface area contributed by atoms with Gasteiger partial charge in [-0.25, -0.2) is 9.79 Å². The van der Waals surface area contributed by atoms with Crippen LogP contribution in [0, 0.1) is 0 Å². The molecule has 0 N–H and O–H groups in total. The molecule has 0 bridgehead atoms. The molecule has 4 nitrogen and oxygen atoms in total. The van der Waals surface area contributed by atoms with Crippen LogP contribution in [0.25, 0.3) is 22.4 Å². The molecule has 4 heterocycles. The van der Waals surface area contributed by atoms with E-state index >= 15 is 0 Å². The number of nitrogens with zero attached hydrogens (tertiary/aromatic N) is 2. The van der Waals surface area contributed by atoms with Crippen LogP contribution in [0.5, 0.6) is 0 Å². The van der Waals surface area contributed by atoms with Crippen molar-refractivity contribution in [2.45, 2.75) is 10.9 Å². The van der Waals surface area contributed by atoms with E-state index in [1.807, 2.05) is 59.6 Å². The van der Waals surface area contributed by atoms with Crippen molar-refractivity contribution in [1.29, 1.82) is 0 Å². The summed E-state index contributed by atoms with van der Waals surface area (Å²) in [5.41, 5.74) is 6.08. The van der Waals surface area contributed by atoms with Gasteiger partial charge < -0.3 is 9.32 Å². The lowest BCUT2D eigenvalue weighted by atomic mass is 9.92. The molecule has 0 saturated heterocycles. The maximum absolute atomic E-state index is 13.1. The van der Waals surface area contributed by atoms with E-state index in [0.717, 1.165) is 38.8 Å². The number of fused-ring (bicyclic) bond motifs is 4. The van der Waals surface area contributed by atoms with Gasteiger partial charge in [0.05, 0.1) is 23.0 Å². The first-order valence-corrected chi connectivity index (χ1v) is 13.4. The van der Waals surface area contributed by atoms with Gasteiger partial charge in [-0.05, 0) is 41.5 Å². The van der Waals surface area contributed by atoms with Crippen LogP contribution in [0.3, 0.4) is 0 Å². The minimum Gasteiger partial charge on any atom is -0.422 e. The second-order valence-corrected chi connectivity index (χ2v) is 10.8. The Labute approximate surface area is 215 Å². The number of benzene rings is 3. The minimum absolute atomic E-state index is 0.109. The molecular weight excluding hydrogens is 496 g/mol. The lowest BCUT2D eigenvalue weighted by molar-refractivity contribution is 0.484. The zero-order valence-electron chi connectivity index (χ0n) is 18.3. The van der Waals surface area contributed by atoms with Crippen LogP contribution in [0.1, 0.15) is 22.7 Å². The van der Waals surface area contributed by atoms with Gasteiger partial charge in [-0.1, -0.05) is 71.9 Å². The van der Waals surface area contributed by atoms with Gasteiger partial charge >= 0.3 is 5.63 Å². The van der Waals surface area contributed by atoms with Crippen LogP contribution in [-0.4, -0.2) is 15.8 Å². The number of rotatable bonds is 2. The molecule has 0 fully saturated rings. The first-order valence-electron chi connectivity index (χ1n) is 11.2. The molecule has 3 aliphatic heterocycles. The zero-order valence-corrected chi connectivity index (χ0v) is 20.7. The second kappa shape index (κ2) is 8.19. The van der Waals surface area contributed by atoms with E-state index in [-0.39, 0.29) is 11.7 Å². The molecule has 4 aromatic rings. The van der Waals surface area contributed by atoms with Gasteiger partial charge in [0.2, 0.25) is 0 Å². The fourth-order valence-corrected chi connectivity index (χ4v) is 7.01. The van der Waals surface area contributed by atoms with Gasteiger partial charge in [-0.15, -0.1) is 11.8 Å². The van der Waals surface area contributed by atoms with Gasteiger partial charge in [-0.2, -0.15) is 0 Å². The summed E-state index contributed by atoms with van der Waals surface area (Å²) in [5.74, 6) is 0.817. The summed E-state index contributed by atoms with van der Waals surface area (Å²) in [7, 11) is 0. The van der Waals surface area contributed by atoms with Gasteiger partial charge in [0.25, 0.3) is 0 Å². The van der Waals surface area contributed by atoms with Crippen molar-refractivity contribution in [1.82, 2.24) is 4.90 Å². The molecule has 0 saturated carbocycles. The van der Waals surface area contributed by atoms with Crippen molar-refractivity contribution in [2.75, 3.05) is 5.75 Å². The average Bonchev–Trinajstić information content (AvgIpc) is 3.31. The van der Waals surface area contributed by atoms with Crippen LogP contribution in [0.4, 0.5) is 0 Å². The van der Waals surface area contributed by atoms with Crippen LogP contribution in [0.2, 0.25) is 5.02 Å². The third-order valence-corrected chi connectivity index (χ3v) is 8.68. The van der Waals surface area contributed by atoms with Crippen molar-refractivity contribution < 1.29 is 4.42 Å². The fraction of sp³-hybridized carbons (Fsp3) is 0.0714. The number of thioether (sulfide) groups is 2. The first kappa shape index (κ1) is 21.1. The van der Waals surface area contributed by atoms with E-state index in [0.29, 0.717) is 16.2 Å². The Morgan fingerprint density at radius 1 is 0.971 bits per heavy atom. The summed E-state index contributed by atoms with van der Waals surface area (Å²) in [5, 5.41) is 4.45. The summed E-state index contributed by atoms with van der Waals surface area (Å²) in [6, 6.07) is 25.8. The minimum atomic E-state index is -0.352. The van der Waals surface area contributed by atoms with E-state index in [1.54, 1.807) is 11.8 Å². The summed E-state index contributed by atoms with van der Waals surface area (Å²) in [4.78, 5) is 21.7. The molecule has 0 aliphatic carbocycles. The Morgan fingerprint density at radius 3 is 2.66 bits per heavy atom. The monoisotopic (exact) mass is 512 g/mol. The van der Waals surface area contributed by atoms with Gasteiger partial charge in [0.1, 0.15) is 5.58 Å². The molecule has 7 rings (SSSR count). The lowest BCUT2D eigenvalue weighted by Crippen LogP contribution is -2.35. The topological polar surface area (TPSA) is 45.8 Å². The van der Waals surface area contributed by atoms with Crippen molar-refractivity contribution in [3.05, 3.63) is 122 Å². The van der Waals surface area contributed by atoms with E-state index in [2.05, 4.69) is 41.3 Å². The average molecular weight is 513 g/mol. The third kappa shape index (κ3) is 3.39. The molecule has 35 heavy (non-hydrogen) atoms. The molecule has 7 heteroatoms. The number of amidine groups is 1. The van der Waals surface area contributed by atoms with Crippen LogP contribution in [0.15, 0.2) is 109 Å². The highest BCUT2D eigenvalue weighted by atomic mass is 35.5. The standard InChI is InChI=1S/C28H17ClN2O2S2/c29-18-11-9-16(10-12-18)26-21-14-34-24-8-4-2-6-19(24)25(21)30-28-31(26)22(15-35-28)20-13-17-5-1-3-7-23(17)33-27(20)32/h1-13,15,26H,14H2. The van der Waals surface area contributed by atoms with Crippen molar-refractivity contribution >= 4 is 62.7 Å². The second-order valence-electron chi connectivity index (χ2n) is 8.48.